The molecule has 0 unspecified atom stereocenters. The van der Waals surface area contributed by atoms with E-state index in [9.17, 15) is 14.4 Å². The molecule has 0 radical (unpaired) electrons. The van der Waals surface area contributed by atoms with E-state index in [0.717, 1.165) is 41.1 Å². The van der Waals surface area contributed by atoms with Crippen molar-refractivity contribution in [3.05, 3.63) is 80.7 Å². The molecule has 2 aromatic rings. The summed E-state index contributed by atoms with van der Waals surface area (Å²) in [6, 6.07) is 11.1. The van der Waals surface area contributed by atoms with E-state index in [1.165, 1.54) is 0 Å². The summed E-state index contributed by atoms with van der Waals surface area (Å²) in [5.74, 6) is -0.351. The van der Waals surface area contributed by atoms with Crippen molar-refractivity contribution >= 4 is 34.8 Å². The van der Waals surface area contributed by atoms with Gasteiger partial charge in [0.15, 0.2) is 18.2 Å². The first-order valence-corrected chi connectivity index (χ1v) is 15.2. The first-order chi connectivity index (χ1) is 19.7. The Morgan fingerprint density at radius 1 is 0.929 bits per heavy atom. The van der Waals surface area contributed by atoms with Gasteiger partial charge < -0.3 is 15.0 Å². The van der Waals surface area contributed by atoms with Gasteiger partial charge in [0.1, 0.15) is 5.75 Å². The van der Waals surface area contributed by atoms with E-state index in [1.807, 2.05) is 32.0 Å². The highest BCUT2D eigenvalue weighted by atomic mass is 35.5. The largest absolute Gasteiger partial charge is 0.483 e. The van der Waals surface area contributed by atoms with Crippen molar-refractivity contribution in [3.8, 4) is 5.75 Å². The summed E-state index contributed by atoms with van der Waals surface area (Å²) in [7, 11) is 0. The lowest BCUT2D eigenvalue weighted by atomic mass is 9.63. The van der Waals surface area contributed by atoms with Crippen LogP contribution in [-0.2, 0) is 14.4 Å². The molecule has 1 heterocycles. The summed E-state index contributed by atoms with van der Waals surface area (Å²) >= 11 is 6.56. The maximum Gasteiger partial charge on any atom is 0.262 e. The number of hydrogen-bond donors (Lipinski definition) is 1. The lowest BCUT2D eigenvalue weighted by Crippen LogP contribution is -2.44. The Morgan fingerprint density at radius 3 is 2.10 bits per heavy atom. The van der Waals surface area contributed by atoms with E-state index in [1.54, 1.807) is 18.2 Å². The van der Waals surface area contributed by atoms with E-state index in [0.29, 0.717) is 46.9 Å². The Morgan fingerprint density at radius 2 is 1.52 bits per heavy atom. The minimum absolute atomic E-state index is 0.0486. The van der Waals surface area contributed by atoms with Gasteiger partial charge >= 0.3 is 0 Å². The van der Waals surface area contributed by atoms with Crippen molar-refractivity contribution in [3.63, 3.8) is 0 Å². The van der Waals surface area contributed by atoms with Gasteiger partial charge in [0.2, 0.25) is 0 Å². The van der Waals surface area contributed by atoms with Crippen LogP contribution in [0.1, 0.15) is 82.9 Å². The van der Waals surface area contributed by atoms with Crippen LogP contribution >= 0.6 is 11.6 Å². The van der Waals surface area contributed by atoms with Crippen molar-refractivity contribution in [2.75, 3.05) is 18.5 Å². The monoisotopic (exact) mass is 588 g/mol. The Labute approximate surface area is 254 Å². The minimum Gasteiger partial charge on any atom is -0.483 e. The molecule has 2 aromatic carbocycles. The van der Waals surface area contributed by atoms with Gasteiger partial charge in [-0.1, -0.05) is 51.4 Å². The maximum absolute atomic E-state index is 14.0. The Kier molecular flexibility index (Phi) is 7.90. The molecule has 1 aliphatic heterocycles. The third-order valence-electron chi connectivity index (χ3n) is 8.65. The van der Waals surface area contributed by atoms with E-state index in [2.05, 4.69) is 44.8 Å². The van der Waals surface area contributed by atoms with Gasteiger partial charge in [-0.05, 0) is 79.8 Å². The van der Waals surface area contributed by atoms with E-state index >= 15 is 0 Å². The van der Waals surface area contributed by atoms with Gasteiger partial charge in [0.25, 0.3) is 5.91 Å². The van der Waals surface area contributed by atoms with E-state index in [4.69, 9.17) is 16.3 Å². The number of nitrogens with zero attached hydrogens (tertiary/aromatic N) is 1. The van der Waals surface area contributed by atoms with Crippen molar-refractivity contribution < 1.29 is 19.1 Å². The maximum atomic E-state index is 14.0. The number of rotatable bonds is 6. The van der Waals surface area contributed by atoms with Crippen LogP contribution in [0, 0.1) is 24.7 Å². The number of amides is 1. The predicted molar refractivity (Wildman–Crippen MR) is 167 cm³/mol. The molecule has 0 atom stereocenters. The van der Waals surface area contributed by atoms with Gasteiger partial charge in [0.05, 0.1) is 0 Å². The molecule has 0 saturated carbocycles. The average Bonchev–Trinajstić information content (AvgIpc) is 2.87. The average molecular weight is 589 g/mol. The fraction of sp³-hybridized carbons (Fsp3) is 0.457. The molecule has 42 heavy (non-hydrogen) atoms. The smallest absolute Gasteiger partial charge is 0.262 e. The van der Waals surface area contributed by atoms with Crippen molar-refractivity contribution in [2.24, 2.45) is 10.8 Å². The van der Waals surface area contributed by atoms with Gasteiger partial charge in [-0.2, -0.15) is 0 Å². The third kappa shape index (κ3) is 5.78. The van der Waals surface area contributed by atoms with Gasteiger partial charge in [-0.3, -0.25) is 14.4 Å². The highest BCUT2D eigenvalue weighted by molar-refractivity contribution is 6.30. The summed E-state index contributed by atoms with van der Waals surface area (Å²) in [6.45, 7) is 14.9. The number of nitrogens with one attached hydrogen (secondary N) is 1. The second-order valence-electron chi connectivity index (χ2n) is 13.6. The number of halogens is 1. The van der Waals surface area contributed by atoms with E-state index < -0.39 is 5.92 Å². The second kappa shape index (κ2) is 11.0. The number of hydrogen-bond acceptors (Lipinski definition) is 5. The number of anilines is 1. The molecule has 6 nitrogen and oxygen atoms in total. The number of Topliss-reactive ketones (excluding diaryl/α,β-unsaturated/α-hetero) is 2. The van der Waals surface area contributed by atoms with Gasteiger partial charge in [-0.25, -0.2) is 0 Å². The minimum atomic E-state index is -0.597. The fourth-order valence-electron chi connectivity index (χ4n) is 6.82. The van der Waals surface area contributed by atoms with Crippen LogP contribution in [0.15, 0.2) is 58.9 Å². The molecule has 0 aromatic heterocycles. The Hall–Kier alpha value is -3.38. The fourth-order valence-corrected chi connectivity index (χ4v) is 7.00. The third-order valence-corrected chi connectivity index (χ3v) is 8.88. The summed E-state index contributed by atoms with van der Waals surface area (Å²) in [5.41, 5.74) is 6.31. The van der Waals surface area contributed by atoms with Crippen LogP contribution in [0.2, 0.25) is 5.02 Å². The van der Waals surface area contributed by atoms with Crippen LogP contribution in [-0.4, -0.2) is 35.5 Å². The molecule has 0 saturated heterocycles. The van der Waals surface area contributed by atoms with Crippen LogP contribution in [0.5, 0.6) is 5.75 Å². The molecule has 222 valence electrons. The molecule has 1 N–H and O–H groups in total. The molecule has 1 amide bonds. The van der Waals surface area contributed by atoms with Crippen LogP contribution in [0.25, 0.3) is 0 Å². The number of ether oxygens (including phenoxy) is 1. The molecule has 0 bridgehead atoms. The number of aryl methyl sites for hydroxylation is 2. The summed E-state index contributed by atoms with van der Waals surface area (Å²) < 4.78 is 6.16. The SMILES string of the molecule is CCN1C2=C(C(=O)CC(C)(C)C2)C(c2cc(Cl)ccc2OCC(=O)Nc2cc(C)ccc2C)C2=C1CC(C)(C)CC2=O. The zero-order chi connectivity index (χ0) is 30.6. The van der Waals surface area contributed by atoms with Gasteiger partial charge in [0, 0.05) is 64.1 Å². The molecule has 2 aliphatic carbocycles. The summed E-state index contributed by atoms with van der Waals surface area (Å²) in [6.07, 6.45) is 2.27. The predicted octanol–water partition coefficient (Wildman–Crippen LogP) is 7.68. The topological polar surface area (TPSA) is 75.7 Å². The lowest BCUT2D eigenvalue weighted by molar-refractivity contribution is -0.120. The molecule has 0 fully saturated rings. The lowest BCUT2D eigenvalue weighted by Gasteiger charge is -2.49. The second-order valence-corrected chi connectivity index (χ2v) is 14.1. The molecular formula is C35H41ClN2O4. The molecular weight excluding hydrogens is 548 g/mol. The Bertz CT molecular complexity index is 1490. The van der Waals surface area contributed by atoms with Gasteiger partial charge in [-0.15, -0.1) is 0 Å². The summed E-state index contributed by atoms with van der Waals surface area (Å²) in [5, 5.41) is 3.42. The number of carbonyl (C=O) groups is 3. The number of ketones is 2. The first-order valence-electron chi connectivity index (χ1n) is 14.8. The molecule has 7 heteroatoms. The number of benzene rings is 2. The zero-order valence-electron chi connectivity index (χ0n) is 25.7. The van der Waals surface area contributed by atoms with Crippen LogP contribution in [0.4, 0.5) is 5.69 Å². The zero-order valence-corrected chi connectivity index (χ0v) is 26.5. The van der Waals surface area contributed by atoms with Crippen molar-refractivity contribution in [1.29, 1.82) is 0 Å². The van der Waals surface area contributed by atoms with E-state index in [-0.39, 0.29) is 34.9 Å². The molecule has 5 rings (SSSR count). The van der Waals surface area contributed by atoms with Crippen molar-refractivity contribution in [1.82, 2.24) is 4.90 Å². The van der Waals surface area contributed by atoms with Crippen LogP contribution < -0.4 is 10.1 Å². The summed E-state index contributed by atoms with van der Waals surface area (Å²) in [4.78, 5) is 43.1. The standard InChI is InChI=1S/C35H41ClN2O4/c1-8-38-25-15-34(4,5)17-27(39)32(25)31(33-26(38)16-35(6,7)18-28(33)40)23-14-22(36)11-12-29(23)42-19-30(41)37-24-13-20(2)9-10-21(24)3/h9-14,31H,8,15-19H2,1-7H3,(H,37,41). The molecule has 0 spiro atoms. The number of allylic oxidation sites excluding steroid dienone is 4. The highest BCUT2D eigenvalue weighted by Crippen LogP contribution is 2.55. The molecule has 3 aliphatic rings. The van der Waals surface area contributed by atoms with Crippen molar-refractivity contribution in [2.45, 2.75) is 80.1 Å². The normalized spacial score (nSPS) is 20.0. The Balaban J connectivity index is 1.59. The highest BCUT2D eigenvalue weighted by Gasteiger charge is 2.49. The first kappa shape index (κ1) is 30.1. The van der Waals surface area contributed by atoms with Crippen LogP contribution in [0.3, 0.4) is 0 Å². The quantitative estimate of drug-likeness (QED) is 0.374. The number of carbonyl (C=O) groups excluding carboxylic acids is 3.